The molecule has 31 heavy (non-hydrogen) atoms. The minimum absolute atomic E-state index is 0.105. The van der Waals surface area contributed by atoms with Gasteiger partial charge in [-0.3, -0.25) is 19.7 Å². The second-order valence-corrected chi connectivity index (χ2v) is 7.56. The lowest BCUT2D eigenvalue weighted by atomic mass is 10.1. The molecule has 1 aliphatic rings. The minimum atomic E-state index is -0.854. The molecule has 0 spiro atoms. The Morgan fingerprint density at radius 1 is 1.23 bits per heavy atom. The van der Waals surface area contributed by atoms with Crippen molar-refractivity contribution < 1.29 is 19.2 Å². The number of pyridine rings is 1. The van der Waals surface area contributed by atoms with Gasteiger partial charge in [0.05, 0.1) is 29.0 Å². The van der Waals surface area contributed by atoms with Gasteiger partial charge in [0.1, 0.15) is 11.9 Å². The Labute approximate surface area is 179 Å². The number of nitrogens with one attached hydrogen (secondary N) is 2. The number of ether oxygens (including phenoxy) is 1. The summed E-state index contributed by atoms with van der Waals surface area (Å²) in [6.45, 7) is 7.04. The number of hydrogen-bond donors (Lipinski definition) is 2. The summed E-state index contributed by atoms with van der Waals surface area (Å²) in [7, 11) is 0. The van der Waals surface area contributed by atoms with Crippen molar-refractivity contribution in [3.8, 4) is 0 Å². The summed E-state index contributed by atoms with van der Waals surface area (Å²) in [4.78, 5) is 41.6. The number of nitrogens with zero attached hydrogens (tertiary/aromatic N) is 3. The fourth-order valence-corrected chi connectivity index (χ4v) is 3.37. The molecule has 3 rings (SSSR count). The van der Waals surface area contributed by atoms with Crippen LogP contribution in [0.4, 0.5) is 17.2 Å². The molecule has 2 N–H and O–H groups in total. The van der Waals surface area contributed by atoms with E-state index in [2.05, 4.69) is 20.5 Å². The smallest absolute Gasteiger partial charge is 0.270 e. The van der Waals surface area contributed by atoms with E-state index in [1.165, 1.54) is 25.1 Å². The predicted octanol–water partition coefficient (Wildman–Crippen LogP) is 2.36. The number of carbonyl (C=O) groups is 2. The molecule has 0 bridgehead atoms. The number of amides is 2. The highest BCUT2D eigenvalue weighted by Gasteiger charge is 2.23. The minimum Gasteiger partial charge on any atom is -0.372 e. The zero-order valence-electron chi connectivity index (χ0n) is 17.6. The van der Waals surface area contributed by atoms with E-state index in [9.17, 15) is 19.7 Å². The molecule has 10 heteroatoms. The molecule has 3 unspecified atom stereocenters. The van der Waals surface area contributed by atoms with E-state index >= 15 is 0 Å². The van der Waals surface area contributed by atoms with Crippen molar-refractivity contribution in [2.75, 3.05) is 23.3 Å². The van der Waals surface area contributed by atoms with Crippen molar-refractivity contribution >= 4 is 29.0 Å². The molecule has 0 aliphatic carbocycles. The van der Waals surface area contributed by atoms with E-state index in [-0.39, 0.29) is 23.5 Å². The number of rotatable bonds is 6. The van der Waals surface area contributed by atoms with Gasteiger partial charge >= 0.3 is 0 Å². The summed E-state index contributed by atoms with van der Waals surface area (Å²) in [6, 6.07) is 8.04. The SMILES string of the molecule is CC1CN(c2ccc(NC(=O)C(C)NC(=O)c3cccc([N+](=O)[O-])c3)cn2)CC(C)O1. The summed E-state index contributed by atoms with van der Waals surface area (Å²) in [5.74, 6) is -0.204. The number of morpholine rings is 1. The summed E-state index contributed by atoms with van der Waals surface area (Å²) < 4.78 is 5.73. The van der Waals surface area contributed by atoms with Crippen LogP contribution < -0.4 is 15.5 Å². The number of carbonyl (C=O) groups excluding carboxylic acids is 2. The molecule has 2 aromatic rings. The van der Waals surface area contributed by atoms with Gasteiger partial charge in [-0.15, -0.1) is 0 Å². The van der Waals surface area contributed by atoms with Crippen LogP contribution in [0, 0.1) is 10.1 Å². The largest absolute Gasteiger partial charge is 0.372 e. The summed E-state index contributed by atoms with van der Waals surface area (Å²) >= 11 is 0. The molecule has 2 heterocycles. The first kappa shape index (κ1) is 22.2. The van der Waals surface area contributed by atoms with E-state index < -0.39 is 22.8 Å². The van der Waals surface area contributed by atoms with Gasteiger partial charge in [-0.05, 0) is 39.0 Å². The van der Waals surface area contributed by atoms with Gasteiger partial charge in [-0.2, -0.15) is 0 Å². The van der Waals surface area contributed by atoms with Gasteiger partial charge in [-0.1, -0.05) is 6.07 Å². The average molecular weight is 427 g/mol. The number of hydrogen-bond acceptors (Lipinski definition) is 7. The maximum absolute atomic E-state index is 12.4. The Morgan fingerprint density at radius 2 is 1.94 bits per heavy atom. The number of non-ortho nitro benzene ring substituents is 1. The normalized spacial score (nSPS) is 19.4. The van der Waals surface area contributed by atoms with Gasteiger partial charge in [0.15, 0.2) is 0 Å². The van der Waals surface area contributed by atoms with E-state index in [1.807, 2.05) is 19.9 Å². The number of benzene rings is 1. The molecule has 164 valence electrons. The lowest BCUT2D eigenvalue weighted by Crippen LogP contribution is -2.45. The van der Waals surface area contributed by atoms with E-state index in [0.717, 1.165) is 25.0 Å². The number of nitro benzene ring substituents is 1. The topological polar surface area (TPSA) is 127 Å². The standard InChI is InChI=1S/C21H25N5O5/c1-13-11-25(12-14(2)31-13)19-8-7-17(10-22-19)24-20(27)15(3)23-21(28)16-5-4-6-18(9-16)26(29)30/h4-10,13-15H,11-12H2,1-3H3,(H,23,28)(H,24,27). The Kier molecular flexibility index (Phi) is 6.81. The highest BCUT2D eigenvalue weighted by atomic mass is 16.6. The first-order valence-electron chi connectivity index (χ1n) is 9.95. The molecule has 1 aromatic heterocycles. The van der Waals surface area contributed by atoms with Crippen molar-refractivity contribution in [2.24, 2.45) is 0 Å². The lowest BCUT2D eigenvalue weighted by Gasteiger charge is -2.36. The van der Waals surface area contributed by atoms with Crippen LogP contribution in [0.2, 0.25) is 0 Å². The van der Waals surface area contributed by atoms with Crippen LogP contribution in [0.25, 0.3) is 0 Å². The average Bonchev–Trinajstić information content (AvgIpc) is 2.73. The molecular weight excluding hydrogens is 402 g/mol. The van der Waals surface area contributed by atoms with Gasteiger partial charge < -0.3 is 20.3 Å². The first-order chi connectivity index (χ1) is 14.7. The van der Waals surface area contributed by atoms with Crippen LogP contribution >= 0.6 is 0 Å². The molecule has 1 aromatic carbocycles. The third-order valence-electron chi connectivity index (χ3n) is 4.82. The van der Waals surface area contributed by atoms with Crippen molar-refractivity contribution in [1.82, 2.24) is 10.3 Å². The Balaban J connectivity index is 1.57. The zero-order valence-corrected chi connectivity index (χ0v) is 17.6. The van der Waals surface area contributed by atoms with Crippen molar-refractivity contribution in [3.63, 3.8) is 0 Å². The van der Waals surface area contributed by atoms with E-state index in [0.29, 0.717) is 5.69 Å². The highest BCUT2D eigenvalue weighted by Crippen LogP contribution is 2.20. The fourth-order valence-electron chi connectivity index (χ4n) is 3.37. The number of anilines is 2. The van der Waals surface area contributed by atoms with Crippen LogP contribution in [0.3, 0.4) is 0 Å². The lowest BCUT2D eigenvalue weighted by molar-refractivity contribution is -0.384. The molecule has 3 atom stereocenters. The van der Waals surface area contributed by atoms with Gasteiger partial charge in [0.2, 0.25) is 5.91 Å². The second kappa shape index (κ2) is 9.52. The number of aromatic nitrogens is 1. The van der Waals surface area contributed by atoms with Crippen LogP contribution in [-0.2, 0) is 9.53 Å². The summed E-state index contributed by atoms with van der Waals surface area (Å²) in [5, 5.41) is 16.1. The van der Waals surface area contributed by atoms with Crippen LogP contribution in [-0.4, -0.2) is 53.1 Å². The molecule has 0 saturated carbocycles. The zero-order chi connectivity index (χ0) is 22.5. The van der Waals surface area contributed by atoms with E-state index in [4.69, 9.17) is 4.74 Å². The van der Waals surface area contributed by atoms with Crippen molar-refractivity contribution in [3.05, 3.63) is 58.3 Å². The third kappa shape index (κ3) is 5.76. The van der Waals surface area contributed by atoms with Gasteiger partial charge in [0, 0.05) is 30.8 Å². The van der Waals surface area contributed by atoms with Gasteiger partial charge in [-0.25, -0.2) is 4.98 Å². The third-order valence-corrected chi connectivity index (χ3v) is 4.82. The first-order valence-corrected chi connectivity index (χ1v) is 9.95. The Hall–Kier alpha value is -3.53. The molecule has 1 aliphatic heterocycles. The molecule has 1 fully saturated rings. The quantitative estimate of drug-likeness (QED) is 0.535. The summed E-state index contributed by atoms with van der Waals surface area (Å²) in [5.41, 5.74) is 0.411. The van der Waals surface area contributed by atoms with Gasteiger partial charge in [0.25, 0.3) is 11.6 Å². The van der Waals surface area contributed by atoms with Crippen molar-refractivity contribution in [2.45, 2.75) is 39.0 Å². The van der Waals surface area contributed by atoms with Crippen LogP contribution in [0.15, 0.2) is 42.6 Å². The maximum atomic E-state index is 12.4. The predicted molar refractivity (Wildman–Crippen MR) is 115 cm³/mol. The fraction of sp³-hybridized carbons (Fsp3) is 0.381. The molecule has 1 saturated heterocycles. The molecule has 2 amide bonds. The maximum Gasteiger partial charge on any atom is 0.270 e. The van der Waals surface area contributed by atoms with Crippen LogP contribution in [0.1, 0.15) is 31.1 Å². The molecule has 0 radical (unpaired) electrons. The number of nitro groups is 1. The Bertz CT molecular complexity index is 955. The highest BCUT2D eigenvalue weighted by molar-refractivity contribution is 6.01. The molecule has 10 nitrogen and oxygen atoms in total. The van der Waals surface area contributed by atoms with E-state index in [1.54, 1.807) is 12.3 Å². The Morgan fingerprint density at radius 3 is 2.55 bits per heavy atom. The van der Waals surface area contributed by atoms with Crippen LogP contribution in [0.5, 0.6) is 0 Å². The molecular formula is C21H25N5O5. The summed E-state index contributed by atoms with van der Waals surface area (Å²) in [6.07, 6.45) is 1.79. The second-order valence-electron chi connectivity index (χ2n) is 7.56. The van der Waals surface area contributed by atoms with Crippen molar-refractivity contribution in [1.29, 1.82) is 0 Å². The monoisotopic (exact) mass is 427 g/mol.